The Balaban J connectivity index is 1.70. The first-order chi connectivity index (χ1) is 13.1. The lowest BCUT2D eigenvalue weighted by Gasteiger charge is -2.41. The molecule has 27 heavy (non-hydrogen) atoms. The molecule has 1 fully saturated rings. The fourth-order valence-electron chi connectivity index (χ4n) is 3.83. The van der Waals surface area contributed by atoms with Crippen LogP contribution < -0.4 is 15.4 Å². The van der Waals surface area contributed by atoms with Gasteiger partial charge in [-0.1, -0.05) is 0 Å². The summed E-state index contributed by atoms with van der Waals surface area (Å²) in [5.41, 5.74) is 6.52. The van der Waals surface area contributed by atoms with Gasteiger partial charge in [0.15, 0.2) is 0 Å². The predicted molar refractivity (Wildman–Crippen MR) is 106 cm³/mol. The van der Waals surface area contributed by atoms with E-state index in [1.807, 2.05) is 24.3 Å². The predicted octanol–water partition coefficient (Wildman–Crippen LogP) is 3.02. The van der Waals surface area contributed by atoms with Crippen molar-refractivity contribution >= 4 is 11.6 Å². The Morgan fingerprint density at radius 3 is 2.56 bits per heavy atom. The molecule has 0 bridgehead atoms. The molecule has 1 atom stereocenters. The Hall–Kier alpha value is -2.47. The van der Waals surface area contributed by atoms with Crippen molar-refractivity contribution < 1.29 is 13.9 Å². The lowest BCUT2D eigenvalue weighted by atomic mass is 9.99. The molecule has 0 aliphatic carbocycles. The molecular weight excluding hydrogens is 342 g/mol. The molecule has 146 valence electrons. The number of nitrogens with two attached hydrogens (primary N) is 1. The second-order valence-corrected chi connectivity index (χ2v) is 7.19. The number of primary amides is 1. The molecule has 2 heterocycles. The van der Waals surface area contributed by atoms with Gasteiger partial charge in [-0.05, 0) is 56.2 Å². The minimum absolute atomic E-state index is 0.197. The van der Waals surface area contributed by atoms with Crippen molar-refractivity contribution in [1.29, 1.82) is 0 Å². The maximum absolute atomic E-state index is 11.2. The standard InChI is InChI=1S/C21H29N3O3/c1-16(14-21(22)25)23-11-9-18(10-12-23)24(15-20-4-3-13-27-20)17-5-7-19(26-2)8-6-17/h3-8,13,16,18H,9-12,14-15H2,1-2H3,(H2,22,25). The van der Waals surface area contributed by atoms with Crippen LogP contribution in [0, 0.1) is 0 Å². The molecule has 0 radical (unpaired) electrons. The highest BCUT2D eigenvalue weighted by Gasteiger charge is 2.28. The molecule has 2 aromatic rings. The van der Waals surface area contributed by atoms with Crippen LogP contribution in [-0.2, 0) is 11.3 Å². The number of ether oxygens (including phenoxy) is 1. The van der Waals surface area contributed by atoms with Crippen molar-refractivity contribution in [3.63, 3.8) is 0 Å². The number of nitrogens with zero attached hydrogens (tertiary/aromatic N) is 2. The Morgan fingerprint density at radius 1 is 1.30 bits per heavy atom. The number of carbonyl (C=O) groups is 1. The third-order valence-corrected chi connectivity index (χ3v) is 5.37. The van der Waals surface area contributed by atoms with Gasteiger partial charge in [0.05, 0.1) is 19.9 Å². The summed E-state index contributed by atoms with van der Waals surface area (Å²) >= 11 is 0. The van der Waals surface area contributed by atoms with E-state index in [-0.39, 0.29) is 11.9 Å². The van der Waals surface area contributed by atoms with Crippen molar-refractivity contribution in [2.45, 2.75) is 44.8 Å². The first-order valence-electron chi connectivity index (χ1n) is 9.52. The van der Waals surface area contributed by atoms with E-state index >= 15 is 0 Å². The molecule has 1 saturated heterocycles. The Bertz CT molecular complexity index is 707. The Labute approximate surface area is 160 Å². The van der Waals surface area contributed by atoms with Crippen molar-refractivity contribution in [3.05, 3.63) is 48.4 Å². The number of carbonyl (C=O) groups excluding carboxylic acids is 1. The quantitative estimate of drug-likeness (QED) is 0.772. The zero-order valence-corrected chi connectivity index (χ0v) is 16.1. The van der Waals surface area contributed by atoms with Crippen LogP contribution in [0.2, 0.25) is 0 Å². The number of anilines is 1. The number of likely N-dealkylation sites (tertiary alicyclic amines) is 1. The van der Waals surface area contributed by atoms with Gasteiger partial charge in [0.25, 0.3) is 0 Å². The second kappa shape index (κ2) is 8.95. The van der Waals surface area contributed by atoms with Crippen LogP contribution in [0.3, 0.4) is 0 Å². The van der Waals surface area contributed by atoms with Crippen LogP contribution in [0.5, 0.6) is 5.75 Å². The van der Waals surface area contributed by atoms with Gasteiger partial charge in [0.1, 0.15) is 11.5 Å². The van der Waals surface area contributed by atoms with Gasteiger partial charge in [0.2, 0.25) is 5.91 Å². The molecule has 0 spiro atoms. The number of piperidine rings is 1. The van der Waals surface area contributed by atoms with Gasteiger partial charge in [-0.25, -0.2) is 0 Å². The molecule has 1 aromatic carbocycles. The highest BCUT2D eigenvalue weighted by molar-refractivity contribution is 5.74. The average Bonchev–Trinajstić information content (AvgIpc) is 3.19. The number of furan rings is 1. The van der Waals surface area contributed by atoms with Crippen LogP contribution in [0.15, 0.2) is 47.1 Å². The first kappa shape index (κ1) is 19.3. The number of amides is 1. The fraction of sp³-hybridized carbons (Fsp3) is 0.476. The molecule has 1 aromatic heterocycles. The van der Waals surface area contributed by atoms with E-state index in [9.17, 15) is 4.79 Å². The molecule has 0 saturated carbocycles. The number of methoxy groups -OCH3 is 1. The Morgan fingerprint density at radius 2 is 2.00 bits per heavy atom. The highest BCUT2D eigenvalue weighted by atomic mass is 16.5. The van der Waals surface area contributed by atoms with Crippen molar-refractivity contribution in [1.82, 2.24) is 4.90 Å². The zero-order valence-electron chi connectivity index (χ0n) is 16.1. The third-order valence-electron chi connectivity index (χ3n) is 5.37. The molecule has 1 aliphatic rings. The lowest BCUT2D eigenvalue weighted by molar-refractivity contribution is -0.119. The highest BCUT2D eigenvalue weighted by Crippen LogP contribution is 2.28. The van der Waals surface area contributed by atoms with Crippen LogP contribution in [0.4, 0.5) is 5.69 Å². The summed E-state index contributed by atoms with van der Waals surface area (Å²) in [6.07, 6.45) is 4.21. The summed E-state index contributed by atoms with van der Waals surface area (Å²) in [4.78, 5) is 16.0. The minimum Gasteiger partial charge on any atom is -0.497 e. The van der Waals surface area contributed by atoms with Crippen molar-refractivity contribution in [2.75, 3.05) is 25.1 Å². The van der Waals surface area contributed by atoms with Gasteiger partial charge in [-0.15, -0.1) is 0 Å². The minimum atomic E-state index is -0.234. The van der Waals surface area contributed by atoms with E-state index in [0.717, 1.165) is 49.7 Å². The average molecular weight is 371 g/mol. The van der Waals surface area contributed by atoms with E-state index in [1.54, 1.807) is 13.4 Å². The Kier molecular flexibility index (Phi) is 6.40. The topological polar surface area (TPSA) is 71.9 Å². The molecule has 3 rings (SSSR count). The summed E-state index contributed by atoms with van der Waals surface area (Å²) < 4.78 is 10.9. The van der Waals surface area contributed by atoms with Gasteiger partial charge in [0, 0.05) is 37.3 Å². The van der Waals surface area contributed by atoms with Crippen molar-refractivity contribution in [2.24, 2.45) is 5.73 Å². The number of benzene rings is 1. The monoisotopic (exact) mass is 371 g/mol. The van der Waals surface area contributed by atoms with Gasteiger partial charge >= 0.3 is 0 Å². The summed E-state index contributed by atoms with van der Waals surface area (Å²) in [6.45, 7) is 4.74. The third kappa shape index (κ3) is 5.04. The second-order valence-electron chi connectivity index (χ2n) is 7.19. The van der Waals surface area contributed by atoms with E-state index in [4.69, 9.17) is 14.9 Å². The van der Waals surface area contributed by atoms with Crippen LogP contribution >= 0.6 is 0 Å². The normalized spacial score (nSPS) is 16.8. The molecule has 1 aliphatic heterocycles. The number of rotatable bonds is 8. The van der Waals surface area contributed by atoms with E-state index < -0.39 is 0 Å². The number of hydrogen-bond acceptors (Lipinski definition) is 5. The van der Waals surface area contributed by atoms with Gasteiger partial charge in [-0.3, -0.25) is 9.69 Å². The van der Waals surface area contributed by atoms with Gasteiger partial charge < -0.3 is 19.8 Å². The summed E-state index contributed by atoms with van der Waals surface area (Å²) in [7, 11) is 1.68. The van der Waals surface area contributed by atoms with E-state index in [0.29, 0.717) is 12.5 Å². The van der Waals surface area contributed by atoms with Crippen LogP contribution in [0.1, 0.15) is 31.9 Å². The largest absolute Gasteiger partial charge is 0.497 e. The fourth-order valence-corrected chi connectivity index (χ4v) is 3.83. The van der Waals surface area contributed by atoms with Crippen LogP contribution in [0.25, 0.3) is 0 Å². The molecule has 6 nitrogen and oxygen atoms in total. The van der Waals surface area contributed by atoms with E-state index in [2.05, 4.69) is 28.9 Å². The number of hydrogen-bond donors (Lipinski definition) is 1. The first-order valence-corrected chi connectivity index (χ1v) is 9.52. The summed E-state index contributed by atoms with van der Waals surface area (Å²) in [6, 6.07) is 12.7. The smallest absolute Gasteiger partial charge is 0.218 e. The molecule has 1 unspecified atom stereocenters. The van der Waals surface area contributed by atoms with Crippen molar-refractivity contribution in [3.8, 4) is 5.75 Å². The van der Waals surface area contributed by atoms with Gasteiger partial charge in [-0.2, -0.15) is 0 Å². The maximum Gasteiger partial charge on any atom is 0.218 e. The molecule has 1 amide bonds. The van der Waals surface area contributed by atoms with Crippen LogP contribution in [-0.4, -0.2) is 43.1 Å². The molecule has 2 N–H and O–H groups in total. The SMILES string of the molecule is COc1ccc(N(Cc2ccco2)C2CCN(C(C)CC(N)=O)CC2)cc1. The summed E-state index contributed by atoms with van der Waals surface area (Å²) in [5, 5.41) is 0. The van der Waals surface area contributed by atoms with E-state index in [1.165, 1.54) is 0 Å². The molecular formula is C21H29N3O3. The molecule has 6 heteroatoms. The summed E-state index contributed by atoms with van der Waals surface area (Å²) in [5.74, 6) is 1.57. The zero-order chi connectivity index (χ0) is 19.2. The maximum atomic E-state index is 11.2. The lowest BCUT2D eigenvalue weighted by Crippen LogP contribution is -2.48.